The van der Waals surface area contributed by atoms with Gasteiger partial charge in [0.1, 0.15) is 6.29 Å². The van der Waals surface area contributed by atoms with Gasteiger partial charge in [0.05, 0.1) is 17.3 Å². The maximum atomic E-state index is 11.8. The van der Waals surface area contributed by atoms with Crippen molar-refractivity contribution in [2.45, 2.75) is 13.8 Å². The van der Waals surface area contributed by atoms with E-state index >= 15 is 0 Å². The highest BCUT2D eigenvalue weighted by molar-refractivity contribution is 6.01. The summed E-state index contributed by atoms with van der Waals surface area (Å²) in [5, 5.41) is 0. The summed E-state index contributed by atoms with van der Waals surface area (Å²) in [5.41, 5.74) is -0.813. The Hall–Kier alpha value is -1.45. The van der Waals surface area contributed by atoms with Crippen molar-refractivity contribution in [3.63, 3.8) is 0 Å². The van der Waals surface area contributed by atoms with Crippen molar-refractivity contribution in [3.8, 4) is 0 Å². The Bertz CT molecular complexity index is 450. The lowest BCUT2D eigenvalue weighted by Crippen LogP contribution is -2.37. The molecule has 90 valence electrons. The van der Waals surface area contributed by atoms with Gasteiger partial charge in [0, 0.05) is 0 Å². The Kier molecular flexibility index (Phi) is 1.92. The van der Waals surface area contributed by atoms with Gasteiger partial charge in [-0.1, -0.05) is 26.0 Å². The zero-order valence-electron chi connectivity index (χ0n) is 9.75. The van der Waals surface area contributed by atoms with Gasteiger partial charge in [0.2, 0.25) is 0 Å². The van der Waals surface area contributed by atoms with Crippen LogP contribution < -0.4 is 0 Å². The molecule has 0 aromatic heterocycles. The first-order valence-electron chi connectivity index (χ1n) is 5.94. The van der Waals surface area contributed by atoms with Gasteiger partial charge < -0.3 is 9.53 Å². The van der Waals surface area contributed by atoms with Crippen LogP contribution >= 0.6 is 0 Å². The molecule has 0 aromatic rings. The highest BCUT2D eigenvalue weighted by Crippen LogP contribution is 2.63. The molecule has 2 aliphatic carbocycles. The van der Waals surface area contributed by atoms with Gasteiger partial charge in [0.25, 0.3) is 0 Å². The van der Waals surface area contributed by atoms with Crippen molar-refractivity contribution in [2.75, 3.05) is 0 Å². The molecule has 17 heavy (non-hydrogen) atoms. The van der Waals surface area contributed by atoms with Gasteiger partial charge in [0.15, 0.2) is 0 Å². The molecule has 2 fully saturated rings. The molecule has 4 heteroatoms. The minimum Gasteiger partial charge on any atom is -0.393 e. The molecule has 0 N–H and O–H groups in total. The van der Waals surface area contributed by atoms with Gasteiger partial charge in [-0.05, 0) is 17.8 Å². The molecule has 0 aromatic carbocycles. The van der Waals surface area contributed by atoms with E-state index in [1.54, 1.807) is 0 Å². The first-order valence-corrected chi connectivity index (χ1v) is 5.94. The number of hydrogen-bond donors (Lipinski definition) is 0. The molecule has 3 aliphatic rings. The van der Waals surface area contributed by atoms with E-state index < -0.39 is 29.2 Å². The molecular weight excluding hydrogens is 220 g/mol. The zero-order valence-corrected chi connectivity index (χ0v) is 9.75. The van der Waals surface area contributed by atoms with E-state index in [1.807, 2.05) is 26.0 Å². The van der Waals surface area contributed by atoms with Crippen LogP contribution in [0.2, 0.25) is 0 Å². The fourth-order valence-corrected chi connectivity index (χ4v) is 4.12. The summed E-state index contributed by atoms with van der Waals surface area (Å²) in [6, 6.07) is 0. The van der Waals surface area contributed by atoms with E-state index in [9.17, 15) is 14.4 Å². The van der Waals surface area contributed by atoms with Crippen molar-refractivity contribution in [3.05, 3.63) is 12.2 Å². The lowest BCUT2D eigenvalue weighted by molar-refractivity contribution is -0.156. The Morgan fingerprint density at radius 3 is 2.65 bits per heavy atom. The molecule has 5 atom stereocenters. The quantitative estimate of drug-likeness (QED) is 0.309. The van der Waals surface area contributed by atoms with E-state index in [1.165, 1.54) is 0 Å². The summed E-state index contributed by atoms with van der Waals surface area (Å²) in [7, 11) is 0. The number of aldehydes is 1. The normalized spacial score (nSPS) is 46.5. The Labute approximate surface area is 99.0 Å². The van der Waals surface area contributed by atoms with Crippen molar-refractivity contribution < 1.29 is 19.1 Å². The third kappa shape index (κ3) is 1.01. The van der Waals surface area contributed by atoms with E-state index in [4.69, 9.17) is 0 Å². The maximum absolute atomic E-state index is 11.8. The topological polar surface area (TPSA) is 60.4 Å². The SMILES string of the molecule is CC(C)C1C2C=CC1(C=O)C1C(=O)OC(=O)C21. The highest BCUT2D eigenvalue weighted by Gasteiger charge is 2.70. The van der Waals surface area contributed by atoms with Gasteiger partial charge in [-0.2, -0.15) is 0 Å². The molecular formula is C13H14O4. The summed E-state index contributed by atoms with van der Waals surface area (Å²) >= 11 is 0. The van der Waals surface area contributed by atoms with E-state index in [0.717, 1.165) is 6.29 Å². The van der Waals surface area contributed by atoms with Crippen LogP contribution in [0, 0.1) is 35.0 Å². The van der Waals surface area contributed by atoms with Crippen molar-refractivity contribution in [1.82, 2.24) is 0 Å². The van der Waals surface area contributed by atoms with Crippen LogP contribution in [0.25, 0.3) is 0 Å². The van der Waals surface area contributed by atoms with Crippen LogP contribution in [0.3, 0.4) is 0 Å². The Morgan fingerprint density at radius 1 is 1.35 bits per heavy atom. The number of esters is 2. The zero-order chi connectivity index (χ0) is 12.4. The van der Waals surface area contributed by atoms with Crippen LogP contribution in [0.5, 0.6) is 0 Å². The summed E-state index contributed by atoms with van der Waals surface area (Å²) in [6.07, 6.45) is 4.58. The Morgan fingerprint density at radius 2 is 2.06 bits per heavy atom. The van der Waals surface area contributed by atoms with E-state index in [-0.39, 0.29) is 17.8 Å². The minimum atomic E-state index is -0.813. The fraction of sp³-hybridized carbons (Fsp3) is 0.615. The number of ether oxygens (including phenoxy) is 1. The highest BCUT2D eigenvalue weighted by atomic mass is 16.6. The molecule has 1 aliphatic heterocycles. The predicted molar refractivity (Wildman–Crippen MR) is 57.5 cm³/mol. The standard InChI is InChI=1S/C13H14O4/c1-6(2)9-7-3-4-13(9,5-14)10-8(7)11(15)17-12(10)16/h3-10H,1-2H3. The first kappa shape index (κ1) is 10.7. The number of cyclic esters (lactones) is 2. The number of fused-ring (bicyclic) bond motifs is 5. The average Bonchev–Trinajstić information content (AvgIpc) is 2.87. The summed E-state index contributed by atoms with van der Waals surface area (Å²) in [5.74, 6) is -1.73. The lowest BCUT2D eigenvalue weighted by Gasteiger charge is -2.30. The number of hydrogen-bond acceptors (Lipinski definition) is 4. The molecule has 1 saturated carbocycles. The molecule has 0 amide bonds. The Balaban J connectivity index is 2.15. The van der Waals surface area contributed by atoms with E-state index in [0.29, 0.717) is 0 Å². The second kappa shape index (κ2) is 3.06. The molecule has 5 unspecified atom stereocenters. The second-order valence-corrected chi connectivity index (χ2v) is 5.57. The van der Waals surface area contributed by atoms with Crippen LogP contribution in [0.1, 0.15) is 13.8 Å². The van der Waals surface area contributed by atoms with Crippen LogP contribution in [-0.2, 0) is 19.1 Å². The van der Waals surface area contributed by atoms with Gasteiger partial charge in [-0.15, -0.1) is 0 Å². The summed E-state index contributed by atoms with van der Waals surface area (Å²) in [4.78, 5) is 35.0. The molecule has 3 rings (SSSR count). The largest absolute Gasteiger partial charge is 0.393 e. The minimum absolute atomic E-state index is 0.0239. The second-order valence-electron chi connectivity index (χ2n) is 5.57. The van der Waals surface area contributed by atoms with Gasteiger partial charge in [-0.25, -0.2) is 0 Å². The third-order valence-electron chi connectivity index (χ3n) is 4.56. The number of carbonyl (C=O) groups excluding carboxylic acids is 3. The summed E-state index contributed by atoms with van der Waals surface area (Å²) in [6.45, 7) is 4.06. The maximum Gasteiger partial charge on any atom is 0.318 e. The molecule has 1 saturated heterocycles. The van der Waals surface area contributed by atoms with Crippen LogP contribution in [-0.4, -0.2) is 18.2 Å². The fourth-order valence-electron chi connectivity index (χ4n) is 4.12. The number of carbonyl (C=O) groups is 3. The first-order chi connectivity index (χ1) is 8.03. The van der Waals surface area contributed by atoms with Crippen molar-refractivity contribution in [2.24, 2.45) is 35.0 Å². The lowest BCUT2D eigenvalue weighted by atomic mass is 9.70. The van der Waals surface area contributed by atoms with Crippen molar-refractivity contribution >= 4 is 18.2 Å². The van der Waals surface area contributed by atoms with Crippen LogP contribution in [0.15, 0.2) is 12.2 Å². The molecule has 0 radical (unpaired) electrons. The number of rotatable bonds is 2. The smallest absolute Gasteiger partial charge is 0.318 e. The average molecular weight is 234 g/mol. The molecule has 4 nitrogen and oxygen atoms in total. The van der Waals surface area contributed by atoms with Crippen molar-refractivity contribution in [1.29, 1.82) is 0 Å². The molecule has 0 spiro atoms. The number of allylic oxidation sites excluding steroid dienone is 2. The van der Waals surface area contributed by atoms with E-state index in [2.05, 4.69) is 4.74 Å². The van der Waals surface area contributed by atoms with Crippen LogP contribution in [0.4, 0.5) is 0 Å². The monoisotopic (exact) mass is 234 g/mol. The molecule has 1 heterocycles. The predicted octanol–water partition coefficient (Wildman–Crippen LogP) is 0.959. The van der Waals surface area contributed by atoms with Gasteiger partial charge in [-0.3, -0.25) is 9.59 Å². The summed E-state index contributed by atoms with van der Waals surface area (Å²) < 4.78 is 4.69. The third-order valence-corrected chi connectivity index (χ3v) is 4.56. The molecule has 2 bridgehead atoms. The van der Waals surface area contributed by atoms with Gasteiger partial charge >= 0.3 is 11.9 Å².